The number of carbonyl (C=O) groups is 1. The van der Waals surface area contributed by atoms with E-state index in [1.54, 1.807) is 42.3 Å². The van der Waals surface area contributed by atoms with Crippen molar-refractivity contribution in [2.45, 2.75) is 45.5 Å². The van der Waals surface area contributed by atoms with Crippen LogP contribution >= 0.6 is 7.52 Å². The van der Waals surface area contributed by atoms with E-state index in [0.717, 1.165) is 0 Å². The second-order valence-electron chi connectivity index (χ2n) is 8.67. The van der Waals surface area contributed by atoms with Crippen molar-refractivity contribution in [1.29, 1.82) is 0 Å². The third-order valence-electron chi connectivity index (χ3n) is 5.16. The Bertz CT molecular complexity index is 1220. The molecule has 3 aromatic rings. The van der Waals surface area contributed by atoms with Gasteiger partial charge >= 0.3 is 7.52 Å². The number of hydrogen-bond donors (Lipinski definition) is 3. The second-order valence-corrected chi connectivity index (χ2v) is 10.7. The number of anilines is 1. The number of methoxy groups -OCH3 is 2. The normalized spacial score (nSPS) is 14.8. The van der Waals surface area contributed by atoms with Crippen LogP contribution in [-0.4, -0.2) is 70.8 Å². The van der Waals surface area contributed by atoms with Gasteiger partial charge in [-0.1, -0.05) is 0 Å². The smallest absolute Gasteiger partial charge is 0.342 e. The van der Waals surface area contributed by atoms with E-state index in [0.29, 0.717) is 29.2 Å². The number of ether oxygens (including phenoxy) is 3. The molecule has 37 heavy (non-hydrogen) atoms. The number of hydrogen-bond acceptors (Lipinski definition) is 10. The maximum atomic E-state index is 14.0. The Labute approximate surface area is 215 Å². The number of carbonyl (C=O) groups excluding carboxylic acids is 1. The summed E-state index contributed by atoms with van der Waals surface area (Å²) in [5.41, 5.74) is 6.91. The molecule has 4 N–H and O–H groups in total. The quantitative estimate of drug-likeness (QED) is 0.259. The number of nitrogens with two attached hydrogens (primary N) is 1. The van der Waals surface area contributed by atoms with Gasteiger partial charge in [0.05, 0.1) is 32.7 Å². The molecule has 1 amide bonds. The molecular formula is C23H34N7O6P. The van der Waals surface area contributed by atoms with E-state index in [2.05, 4.69) is 25.4 Å². The van der Waals surface area contributed by atoms with E-state index in [1.165, 1.54) is 13.4 Å². The maximum absolute atomic E-state index is 14.0. The van der Waals surface area contributed by atoms with Gasteiger partial charge in [0.15, 0.2) is 11.5 Å². The Balaban J connectivity index is 1.77. The number of fused-ring (bicyclic) bond motifs is 1. The Kier molecular flexibility index (Phi) is 9.81. The summed E-state index contributed by atoms with van der Waals surface area (Å²) < 4.78 is 37.9. The molecular weight excluding hydrogens is 501 g/mol. The summed E-state index contributed by atoms with van der Waals surface area (Å²) in [7, 11) is -0.771. The van der Waals surface area contributed by atoms with E-state index < -0.39 is 19.7 Å². The largest absolute Gasteiger partial charge is 0.497 e. The van der Waals surface area contributed by atoms with E-state index in [-0.39, 0.29) is 30.7 Å². The molecule has 0 saturated heterocycles. The lowest BCUT2D eigenvalue weighted by molar-refractivity contribution is -0.124. The minimum absolute atomic E-state index is 0.0216. The van der Waals surface area contributed by atoms with Gasteiger partial charge in [0, 0.05) is 13.2 Å². The highest BCUT2D eigenvalue weighted by Crippen LogP contribution is 2.44. The van der Waals surface area contributed by atoms with Crippen LogP contribution in [0.25, 0.3) is 11.2 Å². The van der Waals surface area contributed by atoms with Crippen molar-refractivity contribution >= 4 is 30.4 Å². The minimum Gasteiger partial charge on any atom is -0.497 e. The van der Waals surface area contributed by atoms with Crippen LogP contribution in [0.2, 0.25) is 0 Å². The molecule has 2 aromatic heterocycles. The number of amides is 1. The molecule has 0 spiro atoms. The molecule has 0 aliphatic heterocycles. The third kappa shape index (κ3) is 7.86. The molecule has 0 fully saturated rings. The van der Waals surface area contributed by atoms with Crippen molar-refractivity contribution in [1.82, 2.24) is 29.9 Å². The van der Waals surface area contributed by atoms with Crippen LogP contribution in [-0.2, 0) is 25.4 Å². The van der Waals surface area contributed by atoms with Crippen LogP contribution in [0.4, 0.5) is 5.82 Å². The topological polar surface area (TPSA) is 165 Å². The molecule has 0 bridgehead atoms. The van der Waals surface area contributed by atoms with Gasteiger partial charge < -0.3 is 34.4 Å². The number of nitrogens with one attached hydrogen (secondary N) is 2. The highest BCUT2D eigenvalue weighted by atomic mass is 31.2. The Hall–Kier alpha value is -3.25. The summed E-state index contributed by atoms with van der Waals surface area (Å²) in [5.74, 6) is 0.847. The molecule has 1 aromatic carbocycles. The molecule has 0 unspecified atom stereocenters. The van der Waals surface area contributed by atoms with Gasteiger partial charge in [-0.05, 0) is 45.0 Å². The van der Waals surface area contributed by atoms with Crippen molar-refractivity contribution in [3.63, 3.8) is 0 Å². The van der Waals surface area contributed by atoms with Crippen LogP contribution in [0.15, 0.2) is 36.9 Å². The van der Waals surface area contributed by atoms with Crippen molar-refractivity contribution in [2.24, 2.45) is 0 Å². The lowest BCUT2D eigenvalue weighted by atomic mass is 10.3. The van der Waals surface area contributed by atoms with Crippen LogP contribution in [0.1, 0.15) is 20.8 Å². The average Bonchev–Trinajstić information content (AvgIpc) is 3.26. The van der Waals surface area contributed by atoms with E-state index in [1.807, 2.05) is 20.8 Å². The second kappa shape index (κ2) is 12.8. The van der Waals surface area contributed by atoms with Gasteiger partial charge in [-0.25, -0.2) is 20.0 Å². The summed E-state index contributed by atoms with van der Waals surface area (Å²) in [6.45, 7) is 5.81. The highest BCUT2D eigenvalue weighted by molar-refractivity contribution is 7.57. The number of nitrogen functional groups attached to an aromatic ring is 1. The first-order chi connectivity index (χ1) is 17.6. The zero-order valence-electron chi connectivity index (χ0n) is 21.6. The van der Waals surface area contributed by atoms with Crippen LogP contribution in [0.5, 0.6) is 11.5 Å². The summed E-state index contributed by atoms with van der Waals surface area (Å²) in [5, 5.41) is 5.65. The third-order valence-corrected chi connectivity index (χ3v) is 6.86. The van der Waals surface area contributed by atoms with Gasteiger partial charge in [0.25, 0.3) is 0 Å². The average molecular weight is 536 g/mol. The molecule has 3 atom stereocenters. The molecule has 0 aliphatic rings. The molecule has 0 saturated carbocycles. The summed E-state index contributed by atoms with van der Waals surface area (Å²) in [6, 6.07) is 5.55. The van der Waals surface area contributed by atoms with Gasteiger partial charge in [0.1, 0.15) is 35.7 Å². The summed E-state index contributed by atoms with van der Waals surface area (Å²) in [4.78, 5) is 25.2. The zero-order chi connectivity index (χ0) is 27.0. The first kappa shape index (κ1) is 28.3. The zero-order valence-corrected chi connectivity index (χ0v) is 22.5. The highest BCUT2D eigenvalue weighted by Gasteiger charge is 2.33. The van der Waals surface area contributed by atoms with Crippen molar-refractivity contribution in [3.8, 4) is 11.5 Å². The number of rotatable bonds is 14. The summed E-state index contributed by atoms with van der Waals surface area (Å²) >= 11 is 0. The van der Waals surface area contributed by atoms with Crippen molar-refractivity contribution in [3.05, 3.63) is 36.9 Å². The fourth-order valence-electron chi connectivity index (χ4n) is 3.45. The molecule has 13 nitrogen and oxygen atoms in total. The van der Waals surface area contributed by atoms with Gasteiger partial charge in [-0.2, -0.15) is 0 Å². The molecule has 202 valence electrons. The van der Waals surface area contributed by atoms with Gasteiger partial charge in [-0.3, -0.25) is 9.36 Å². The van der Waals surface area contributed by atoms with Crippen LogP contribution in [0, 0.1) is 0 Å². The Morgan fingerprint density at radius 1 is 1.11 bits per heavy atom. The number of benzene rings is 1. The SMILES string of the molecule is COC[C@H](N[P@](=O)(CO[C@H](C)Cn1cnc2c(N)ncnc21)Oc1ccc(OC)cc1)C(=O)NC(C)C. The van der Waals surface area contributed by atoms with Crippen molar-refractivity contribution < 1.29 is 28.1 Å². The first-order valence-electron chi connectivity index (χ1n) is 11.7. The summed E-state index contributed by atoms with van der Waals surface area (Å²) in [6.07, 6.45) is 2.21. The Morgan fingerprint density at radius 2 is 1.81 bits per heavy atom. The maximum Gasteiger partial charge on any atom is 0.342 e. The Morgan fingerprint density at radius 3 is 2.46 bits per heavy atom. The van der Waals surface area contributed by atoms with E-state index in [4.69, 9.17) is 24.5 Å². The standard InChI is InChI=1S/C23H34N7O6P/c1-15(2)28-23(31)19(11-33-4)29-37(32,36-18-8-6-17(34-5)7-9-18)14-35-16(3)10-30-13-27-20-21(24)25-12-26-22(20)30/h6-9,12-13,15-16,19H,10-11,14H2,1-5H3,(H,28,31)(H,29,32)(H2,24,25,26)/t16-,19+,37+/m1/s1. The molecule has 0 aliphatic carbocycles. The number of imidazole rings is 1. The molecule has 3 rings (SSSR count). The molecule has 0 radical (unpaired) electrons. The van der Waals surface area contributed by atoms with E-state index in [9.17, 15) is 9.36 Å². The van der Waals surface area contributed by atoms with Crippen LogP contribution in [0.3, 0.4) is 0 Å². The lowest BCUT2D eigenvalue weighted by Gasteiger charge is -2.27. The lowest BCUT2D eigenvalue weighted by Crippen LogP contribution is -2.48. The first-order valence-corrected chi connectivity index (χ1v) is 13.5. The van der Waals surface area contributed by atoms with Gasteiger partial charge in [-0.15, -0.1) is 0 Å². The predicted molar refractivity (Wildman–Crippen MR) is 138 cm³/mol. The van der Waals surface area contributed by atoms with E-state index >= 15 is 0 Å². The minimum atomic E-state index is -3.77. The number of aromatic nitrogens is 4. The molecule has 2 heterocycles. The number of nitrogens with zero attached hydrogens (tertiary/aromatic N) is 4. The molecule has 14 heteroatoms. The van der Waals surface area contributed by atoms with Crippen molar-refractivity contribution in [2.75, 3.05) is 32.9 Å². The van der Waals surface area contributed by atoms with Crippen LogP contribution < -0.4 is 25.4 Å². The predicted octanol–water partition coefficient (Wildman–Crippen LogP) is 2.18. The fraction of sp³-hybridized carbons (Fsp3) is 0.478. The fourth-order valence-corrected chi connectivity index (χ4v) is 5.20. The van der Waals surface area contributed by atoms with Gasteiger partial charge in [0.2, 0.25) is 5.91 Å². The monoisotopic (exact) mass is 535 g/mol.